The summed E-state index contributed by atoms with van der Waals surface area (Å²) in [5, 5.41) is 18.2. The monoisotopic (exact) mass is 458 g/mol. The van der Waals surface area contributed by atoms with Gasteiger partial charge >= 0.3 is 0 Å². The Bertz CT molecular complexity index is 1310. The van der Waals surface area contributed by atoms with Gasteiger partial charge in [0.2, 0.25) is 0 Å². The van der Waals surface area contributed by atoms with E-state index in [1.165, 1.54) is 0 Å². The number of aryl methyl sites for hydroxylation is 1. The molecule has 0 atom stereocenters. The van der Waals surface area contributed by atoms with E-state index in [0.717, 1.165) is 45.9 Å². The molecular formula is C27H26N2O5. The summed E-state index contributed by atoms with van der Waals surface area (Å²) in [6.45, 7) is 3.49. The molecule has 7 nitrogen and oxygen atoms in total. The van der Waals surface area contributed by atoms with Crippen molar-refractivity contribution in [3.63, 3.8) is 0 Å². The minimum Gasteiger partial charge on any atom is -0.507 e. The molecule has 3 aromatic carbocycles. The average Bonchev–Trinajstić information content (AvgIpc) is 3.37. The molecule has 7 heteroatoms. The zero-order valence-corrected chi connectivity index (χ0v) is 19.1. The first-order chi connectivity index (χ1) is 16.7. The molecule has 0 saturated heterocycles. The molecule has 0 unspecified atom stereocenters. The van der Waals surface area contributed by atoms with Gasteiger partial charge in [0.1, 0.15) is 37.1 Å². The van der Waals surface area contributed by atoms with Crippen LogP contribution in [0.1, 0.15) is 18.1 Å². The van der Waals surface area contributed by atoms with Crippen LogP contribution in [0.5, 0.6) is 28.7 Å². The Balaban J connectivity index is 1.45. The number of hydrogen-bond donors (Lipinski definition) is 2. The highest BCUT2D eigenvalue weighted by atomic mass is 16.6. The van der Waals surface area contributed by atoms with Crippen molar-refractivity contribution in [1.29, 1.82) is 0 Å². The lowest BCUT2D eigenvalue weighted by Gasteiger charge is -2.19. The molecule has 1 aromatic heterocycles. The standard InChI is InChI=1S/C27H26N2O5/c1-3-18-12-21(23(30)14-25(18)34-16-17-5-4-6-20(11-17)31-2)27-22(15-28-29-27)19-7-8-24-26(13-19)33-10-9-32-24/h4-8,11-15,30H,3,9-10,16H2,1-2H3,(H,28,29). The summed E-state index contributed by atoms with van der Waals surface area (Å²) in [4.78, 5) is 0. The molecule has 1 aliphatic heterocycles. The molecule has 2 N–H and O–H groups in total. The number of phenols is 1. The van der Waals surface area contributed by atoms with Crippen LogP contribution in [0.25, 0.3) is 22.4 Å². The molecule has 0 aliphatic carbocycles. The van der Waals surface area contributed by atoms with E-state index in [2.05, 4.69) is 17.1 Å². The van der Waals surface area contributed by atoms with E-state index in [1.54, 1.807) is 19.4 Å². The highest BCUT2D eigenvalue weighted by Gasteiger charge is 2.19. The third kappa shape index (κ3) is 4.24. The second kappa shape index (κ2) is 9.39. The molecule has 2 heterocycles. The molecule has 5 rings (SSSR count). The summed E-state index contributed by atoms with van der Waals surface area (Å²) in [6.07, 6.45) is 2.49. The minimum absolute atomic E-state index is 0.112. The van der Waals surface area contributed by atoms with Crippen LogP contribution in [0.15, 0.2) is 60.8 Å². The van der Waals surface area contributed by atoms with E-state index >= 15 is 0 Å². The van der Waals surface area contributed by atoms with Gasteiger partial charge in [-0.15, -0.1) is 0 Å². The van der Waals surface area contributed by atoms with Crippen molar-refractivity contribution in [3.05, 3.63) is 71.9 Å². The van der Waals surface area contributed by atoms with Crippen LogP contribution in [0, 0.1) is 0 Å². The van der Waals surface area contributed by atoms with Gasteiger partial charge in [0, 0.05) is 17.2 Å². The lowest BCUT2D eigenvalue weighted by molar-refractivity contribution is 0.171. The summed E-state index contributed by atoms with van der Waals surface area (Å²) in [5.74, 6) is 2.97. The maximum atomic E-state index is 10.9. The normalized spacial score (nSPS) is 12.4. The molecule has 0 radical (unpaired) electrons. The third-order valence-corrected chi connectivity index (χ3v) is 5.85. The fraction of sp³-hybridized carbons (Fsp3) is 0.222. The molecule has 0 amide bonds. The first-order valence-corrected chi connectivity index (χ1v) is 11.2. The van der Waals surface area contributed by atoms with Crippen molar-refractivity contribution in [2.75, 3.05) is 20.3 Å². The van der Waals surface area contributed by atoms with E-state index in [-0.39, 0.29) is 5.75 Å². The quantitative estimate of drug-likeness (QED) is 0.387. The summed E-state index contributed by atoms with van der Waals surface area (Å²) < 4.78 is 22.7. The van der Waals surface area contributed by atoms with E-state index in [4.69, 9.17) is 18.9 Å². The number of aromatic amines is 1. The Hall–Kier alpha value is -4.13. The van der Waals surface area contributed by atoms with Crippen molar-refractivity contribution >= 4 is 0 Å². The molecule has 0 spiro atoms. The fourth-order valence-electron chi connectivity index (χ4n) is 4.07. The van der Waals surface area contributed by atoms with E-state index in [0.29, 0.717) is 36.9 Å². The molecule has 1 aliphatic rings. The number of nitrogens with one attached hydrogen (secondary N) is 1. The summed E-state index contributed by atoms with van der Waals surface area (Å²) in [7, 11) is 1.64. The molecule has 34 heavy (non-hydrogen) atoms. The molecule has 4 aromatic rings. The Morgan fingerprint density at radius 1 is 1.00 bits per heavy atom. The Kier molecular flexibility index (Phi) is 5.99. The second-order valence-electron chi connectivity index (χ2n) is 7.99. The van der Waals surface area contributed by atoms with Gasteiger partial charge in [-0.05, 0) is 53.4 Å². The smallest absolute Gasteiger partial charge is 0.161 e. The minimum atomic E-state index is 0.112. The van der Waals surface area contributed by atoms with Gasteiger partial charge in [-0.3, -0.25) is 5.10 Å². The molecule has 0 fully saturated rings. The number of fused-ring (bicyclic) bond motifs is 1. The first kappa shape index (κ1) is 21.7. The van der Waals surface area contributed by atoms with Crippen molar-refractivity contribution in [2.45, 2.75) is 20.0 Å². The molecule has 0 saturated carbocycles. The van der Waals surface area contributed by atoms with Gasteiger partial charge in [0.25, 0.3) is 0 Å². The number of aromatic hydroxyl groups is 1. The summed E-state index contributed by atoms with van der Waals surface area (Å²) in [6, 6.07) is 17.2. The van der Waals surface area contributed by atoms with E-state index < -0.39 is 0 Å². The lowest BCUT2D eigenvalue weighted by Crippen LogP contribution is -2.15. The van der Waals surface area contributed by atoms with Crippen molar-refractivity contribution in [2.24, 2.45) is 0 Å². The second-order valence-corrected chi connectivity index (χ2v) is 7.99. The lowest BCUT2D eigenvalue weighted by atomic mass is 9.98. The maximum absolute atomic E-state index is 10.9. The van der Waals surface area contributed by atoms with Gasteiger partial charge in [0.05, 0.1) is 19.0 Å². The number of H-pyrrole nitrogens is 1. The fourth-order valence-corrected chi connectivity index (χ4v) is 4.07. The van der Waals surface area contributed by atoms with Gasteiger partial charge in [-0.25, -0.2) is 0 Å². The van der Waals surface area contributed by atoms with Crippen LogP contribution in [0.4, 0.5) is 0 Å². The summed E-state index contributed by atoms with van der Waals surface area (Å²) in [5.41, 5.74) is 5.14. The van der Waals surface area contributed by atoms with Crippen LogP contribution < -0.4 is 18.9 Å². The predicted molar refractivity (Wildman–Crippen MR) is 129 cm³/mol. The maximum Gasteiger partial charge on any atom is 0.161 e. The van der Waals surface area contributed by atoms with E-state index in [1.807, 2.05) is 48.5 Å². The number of phenolic OH excluding ortho intramolecular Hbond substituents is 1. The van der Waals surface area contributed by atoms with Gasteiger partial charge in [0.15, 0.2) is 11.5 Å². The number of aromatic nitrogens is 2. The average molecular weight is 459 g/mol. The molecular weight excluding hydrogens is 432 g/mol. The Labute approximate surface area is 197 Å². The molecule has 174 valence electrons. The summed E-state index contributed by atoms with van der Waals surface area (Å²) >= 11 is 0. The number of hydrogen-bond acceptors (Lipinski definition) is 6. The highest BCUT2D eigenvalue weighted by Crippen LogP contribution is 2.41. The van der Waals surface area contributed by atoms with Gasteiger partial charge < -0.3 is 24.1 Å². The first-order valence-electron chi connectivity index (χ1n) is 11.2. The number of benzene rings is 3. The highest BCUT2D eigenvalue weighted by molar-refractivity contribution is 5.84. The largest absolute Gasteiger partial charge is 0.507 e. The third-order valence-electron chi connectivity index (χ3n) is 5.85. The van der Waals surface area contributed by atoms with Crippen LogP contribution in [-0.4, -0.2) is 35.6 Å². The number of ether oxygens (including phenoxy) is 4. The Morgan fingerprint density at radius 3 is 2.68 bits per heavy atom. The van der Waals surface area contributed by atoms with Crippen molar-refractivity contribution in [3.8, 4) is 51.1 Å². The van der Waals surface area contributed by atoms with Crippen molar-refractivity contribution in [1.82, 2.24) is 10.2 Å². The number of nitrogens with zero attached hydrogens (tertiary/aromatic N) is 1. The van der Waals surface area contributed by atoms with Crippen LogP contribution >= 0.6 is 0 Å². The van der Waals surface area contributed by atoms with Crippen LogP contribution in [0.2, 0.25) is 0 Å². The van der Waals surface area contributed by atoms with Gasteiger partial charge in [-0.2, -0.15) is 5.10 Å². The Morgan fingerprint density at radius 2 is 1.85 bits per heavy atom. The van der Waals surface area contributed by atoms with E-state index in [9.17, 15) is 5.11 Å². The van der Waals surface area contributed by atoms with Gasteiger partial charge in [-0.1, -0.05) is 25.1 Å². The van der Waals surface area contributed by atoms with Crippen LogP contribution in [-0.2, 0) is 13.0 Å². The SMILES string of the molecule is CCc1cc(-c2[nH]ncc2-c2ccc3c(c2)OCCO3)c(O)cc1OCc1cccc(OC)c1. The zero-order chi connectivity index (χ0) is 23.5. The molecule has 0 bridgehead atoms. The van der Waals surface area contributed by atoms with Crippen LogP contribution in [0.3, 0.4) is 0 Å². The predicted octanol–water partition coefficient (Wildman–Crippen LogP) is 5.37. The topological polar surface area (TPSA) is 85.8 Å². The van der Waals surface area contributed by atoms with Crippen molar-refractivity contribution < 1.29 is 24.1 Å². The number of methoxy groups -OCH3 is 1. The zero-order valence-electron chi connectivity index (χ0n) is 19.1. The number of rotatable bonds is 7.